The summed E-state index contributed by atoms with van der Waals surface area (Å²) in [6, 6.07) is 8.77. The second-order valence-corrected chi connectivity index (χ2v) is 3.19. The highest BCUT2D eigenvalue weighted by Gasteiger charge is 2.08. The summed E-state index contributed by atoms with van der Waals surface area (Å²) in [5, 5.41) is 17.3. The average Bonchev–Trinajstić information content (AvgIpc) is 2.32. The number of hydrogen-bond acceptors (Lipinski definition) is 2. The molecule has 0 aliphatic carbocycles. The second-order valence-electron chi connectivity index (χ2n) is 3.19. The van der Waals surface area contributed by atoms with E-state index in [1.165, 1.54) is 0 Å². The first-order valence-electron chi connectivity index (χ1n) is 5.35. The lowest BCUT2D eigenvalue weighted by atomic mass is 9.97. The predicted octanol–water partition coefficient (Wildman–Crippen LogP) is 3.43. The third kappa shape index (κ3) is 4.14. The number of hydrogen-bond donors (Lipinski definition) is 1. The summed E-state index contributed by atoms with van der Waals surface area (Å²) in [6.07, 6.45) is 0.406. The summed E-state index contributed by atoms with van der Waals surface area (Å²) in [5.41, 5.74) is 1.17. The lowest BCUT2D eigenvalue weighted by molar-refractivity contribution is 0.0697. The van der Waals surface area contributed by atoms with Gasteiger partial charge in [0.2, 0.25) is 0 Å². The molecule has 86 valence electrons. The normalized spacial score (nSPS) is 10.6. The predicted molar refractivity (Wildman–Crippen MR) is 63.4 cm³/mol. The van der Waals surface area contributed by atoms with E-state index in [2.05, 4.69) is 6.07 Å². The number of carboxylic acids is 1. The topological polar surface area (TPSA) is 61.1 Å². The molecular weight excluding hydrogens is 202 g/mol. The zero-order valence-corrected chi connectivity index (χ0v) is 9.90. The maximum atomic E-state index is 10.7. The Bertz CT molecular complexity index is 380. The Morgan fingerprint density at radius 1 is 1.50 bits per heavy atom. The smallest absolute Gasteiger partial charge is 0.335 e. The highest BCUT2D eigenvalue weighted by molar-refractivity contribution is 5.87. The monoisotopic (exact) mass is 219 g/mol. The van der Waals surface area contributed by atoms with Gasteiger partial charge < -0.3 is 5.11 Å². The van der Waals surface area contributed by atoms with Gasteiger partial charge in [-0.25, -0.2) is 4.79 Å². The van der Waals surface area contributed by atoms with Crippen LogP contribution in [-0.2, 0) is 0 Å². The number of rotatable bonds is 3. The van der Waals surface area contributed by atoms with E-state index in [9.17, 15) is 4.79 Å². The van der Waals surface area contributed by atoms with Crippen molar-refractivity contribution in [3.63, 3.8) is 0 Å². The van der Waals surface area contributed by atoms with Gasteiger partial charge in [0, 0.05) is 6.42 Å². The minimum Gasteiger partial charge on any atom is -0.478 e. The molecular formula is C13H17NO2. The summed E-state index contributed by atoms with van der Waals surface area (Å²) in [5.74, 6) is -0.852. The van der Waals surface area contributed by atoms with Crippen molar-refractivity contribution in [2.45, 2.75) is 33.1 Å². The first-order chi connectivity index (χ1) is 7.65. The van der Waals surface area contributed by atoms with Crippen LogP contribution in [0.25, 0.3) is 0 Å². The van der Waals surface area contributed by atoms with Gasteiger partial charge >= 0.3 is 5.97 Å². The number of carbonyl (C=O) groups is 1. The minimum atomic E-state index is -0.934. The van der Waals surface area contributed by atoms with Gasteiger partial charge in [-0.3, -0.25) is 0 Å². The van der Waals surface area contributed by atoms with Crippen LogP contribution in [0.1, 0.15) is 49.0 Å². The van der Waals surface area contributed by atoms with Crippen LogP contribution in [0.3, 0.4) is 0 Å². The number of benzene rings is 1. The largest absolute Gasteiger partial charge is 0.478 e. The van der Waals surface area contributed by atoms with E-state index in [-0.39, 0.29) is 11.5 Å². The van der Waals surface area contributed by atoms with Crippen molar-refractivity contribution < 1.29 is 9.90 Å². The number of nitriles is 1. The Morgan fingerprint density at radius 3 is 2.62 bits per heavy atom. The molecule has 0 fully saturated rings. The van der Waals surface area contributed by atoms with E-state index in [0.29, 0.717) is 6.42 Å². The molecule has 0 aliphatic rings. The third-order valence-electron chi connectivity index (χ3n) is 2.10. The van der Waals surface area contributed by atoms with Crippen molar-refractivity contribution in [2.75, 3.05) is 0 Å². The molecule has 0 saturated heterocycles. The molecule has 0 saturated carbocycles. The molecule has 3 heteroatoms. The molecule has 0 aliphatic heterocycles. The molecule has 0 bridgehead atoms. The zero-order valence-electron chi connectivity index (χ0n) is 9.90. The molecule has 1 rings (SSSR count). The standard InChI is InChI=1S/C11H11NO2.C2H6/c1-8(5-6-12)9-3-2-4-10(7-9)11(13)14;1-2/h2-4,7-8H,5H2,1H3,(H,13,14);1-2H3. The number of aromatic carboxylic acids is 1. The van der Waals surface area contributed by atoms with Crippen LogP contribution in [0.4, 0.5) is 0 Å². The third-order valence-corrected chi connectivity index (χ3v) is 2.10. The molecule has 1 aromatic rings. The van der Waals surface area contributed by atoms with Crippen LogP contribution < -0.4 is 0 Å². The fourth-order valence-electron chi connectivity index (χ4n) is 1.23. The molecule has 3 nitrogen and oxygen atoms in total. The molecule has 1 atom stereocenters. The van der Waals surface area contributed by atoms with Crippen molar-refractivity contribution in [1.82, 2.24) is 0 Å². The van der Waals surface area contributed by atoms with Gasteiger partial charge in [-0.2, -0.15) is 5.26 Å². The van der Waals surface area contributed by atoms with Gasteiger partial charge in [0.1, 0.15) is 0 Å². The van der Waals surface area contributed by atoms with Crippen LogP contribution in [-0.4, -0.2) is 11.1 Å². The maximum Gasteiger partial charge on any atom is 0.335 e. The molecule has 1 N–H and O–H groups in total. The minimum absolute atomic E-state index is 0.0827. The molecule has 0 amide bonds. The van der Waals surface area contributed by atoms with Gasteiger partial charge in [0.15, 0.2) is 0 Å². The lowest BCUT2D eigenvalue weighted by Crippen LogP contribution is -1.99. The number of carboxylic acid groups (broad SMARTS) is 1. The Hall–Kier alpha value is -1.82. The second kappa shape index (κ2) is 7.47. The zero-order chi connectivity index (χ0) is 12.6. The van der Waals surface area contributed by atoms with Gasteiger partial charge in [-0.1, -0.05) is 32.9 Å². The highest BCUT2D eigenvalue weighted by Crippen LogP contribution is 2.19. The summed E-state index contributed by atoms with van der Waals surface area (Å²) >= 11 is 0. The van der Waals surface area contributed by atoms with Crippen molar-refractivity contribution in [3.8, 4) is 6.07 Å². The fraction of sp³-hybridized carbons (Fsp3) is 0.385. The van der Waals surface area contributed by atoms with Gasteiger partial charge in [0.25, 0.3) is 0 Å². The van der Waals surface area contributed by atoms with Crippen LogP contribution in [0, 0.1) is 11.3 Å². The molecule has 0 spiro atoms. The van der Waals surface area contributed by atoms with E-state index < -0.39 is 5.97 Å². The molecule has 1 aromatic carbocycles. The van der Waals surface area contributed by atoms with Gasteiger partial charge in [0.05, 0.1) is 11.6 Å². The van der Waals surface area contributed by atoms with Crippen LogP contribution in [0.2, 0.25) is 0 Å². The summed E-state index contributed by atoms with van der Waals surface area (Å²) < 4.78 is 0. The Labute approximate surface area is 96.3 Å². The quantitative estimate of drug-likeness (QED) is 0.847. The van der Waals surface area contributed by atoms with Crippen LogP contribution in [0.5, 0.6) is 0 Å². The van der Waals surface area contributed by atoms with E-state index in [1.54, 1.807) is 18.2 Å². The van der Waals surface area contributed by atoms with E-state index in [4.69, 9.17) is 10.4 Å². The maximum absolute atomic E-state index is 10.7. The molecule has 0 heterocycles. The lowest BCUT2D eigenvalue weighted by Gasteiger charge is -2.07. The molecule has 1 unspecified atom stereocenters. The number of nitrogens with zero attached hydrogens (tertiary/aromatic N) is 1. The van der Waals surface area contributed by atoms with Crippen molar-refractivity contribution in [2.24, 2.45) is 0 Å². The van der Waals surface area contributed by atoms with Gasteiger partial charge in [-0.05, 0) is 23.6 Å². The summed E-state index contributed by atoms with van der Waals surface area (Å²) in [6.45, 7) is 5.91. The fourth-order valence-corrected chi connectivity index (χ4v) is 1.23. The van der Waals surface area contributed by atoms with E-state index in [0.717, 1.165) is 5.56 Å². The van der Waals surface area contributed by atoms with Gasteiger partial charge in [-0.15, -0.1) is 0 Å². The summed E-state index contributed by atoms with van der Waals surface area (Å²) in [4.78, 5) is 10.7. The Kier molecular flexibility index (Phi) is 6.62. The van der Waals surface area contributed by atoms with Crippen LogP contribution in [0.15, 0.2) is 24.3 Å². The van der Waals surface area contributed by atoms with Crippen molar-refractivity contribution in [3.05, 3.63) is 35.4 Å². The van der Waals surface area contributed by atoms with Crippen molar-refractivity contribution in [1.29, 1.82) is 5.26 Å². The first kappa shape index (κ1) is 14.2. The van der Waals surface area contributed by atoms with E-state index >= 15 is 0 Å². The highest BCUT2D eigenvalue weighted by atomic mass is 16.4. The average molecular weight is 219 g/mol. The van der Waals surface area contributed by atoms with E-state index in [1.807, 2.05) is 26.8 Å². The Balaban J connectivity index is 0.00000106. The van der Waals surface area contributed by atoms with Crippen LogP contribution >= 0.6 is 0 Å². The first-order valence-corrected chi connectivity index (χ1v) is 5.35. The molecule has 16 heavy (non-hydrogen) atoms. The Morgan fingerprint density at radius 2 is 2.12 bits per heavy atom. The molecule has 0 radical (unpaired) electrons. The SMILES string of the molecule is CC.CC(CC#N)c1cccc(C(=O)O)c1. The molecule has 0 aromatic heterocycles. The van der Waals surface area contributed by atoms with Crippen molar-refractivity contribution >= 4 is 5.97 Å². The summed E-state index contributed by atoms with van der Waals surface area (Å²) in [7, 11) is 0.